The second kappa shape index (κ2) is 10.2. The molecule has 1 aromatic carbocycles. The fraction of sp³-hybridized carbons (Fsp3) is 0.588. The van der Waals surface area contributed by atoms with Crippen LogP contribution in [-0.2, 0) is 20.8 Å². The molecule has 0 saturated heterocycles. The number of benzene rings is 1. The zero-order chi connectivity index (χ0) is 16.3. The van der Waals surface area contributed by atoms with E-state index in [0.29, 0.717) is 33.0 Å². The quantitative estimate of drug-likeness (QED) is 0.712. The van der Waals surface area contributed by atoms with Crippen molar-refractivity contribution in [1.29, 1.82) is 0 Å². The number of carbonyl (C=O) groups excluding carboxylic acids is 1. The Hall–Kier alpha value is -1.59. The third-order valence-corrected chi connectivity index (χ3v) is 2.62. The standard InChI is InChI=1S/C17H27NO4/c1-17(2,3)22-16(19)18-10-7-11-20-12-13-21-14-15-8-5-4-6-9-15/h4-6,8-9H,7,10-14H2,1-3H3,(H,18,19). The molecule has 0 unspecified atom stereocenters. The molecule has 0 saturated carbocycles. The molecule has 124 valence electrons. The normalized spacial score (nSPS) is 11.2. The molecule has 0 aliphatic heterocycles. The summed E-state index contributed by atoms with van der Waals surface area (Å²) in [4.78, 5) is 11.4. The highest BCUT2D eigenvalue weighted by molar-refractivity contribution is 5.67. The lowest BCUT2D eigenvalue weighted by Crippen LogP contribution is -2.33. The summed E-state index contributed by atoms with van der Waals surface area (Å²) >= 11 is 0. The first kappa shape index (κ1) is 18.5. The summed E-state index contributed by atoms with van der Waals surface area (Å²) in [5.74, 6) is 0. The van der Waals surface area contributed by atoms with Gasteiger partial charge in [0.25, 0.3) is 0 Å². The molecular weight excluding hydrogens is 282 g/mol. The van der Waals surface area contributed by atoms with E-state index in [1.165, 1.54) is 0 Å². The van der Waals surface area contributed by atoms with Crippen molar-refractivity contribution < 1.29 is 19.0 Å². The molecule has 0 aliphatic rings. The zero-order valence-corrected chi connectivity index (χ0v) is 13.8. The van der Waals surface area contributed by atoms with E-state index in [1.807, 2.05) is 51.1 Å². The van der Waals surface area contributed by atoms with Gasteiger partial charge in [-0.2, -0.15) is 0 Å². The third kappa shape index (κ3) is 10.2. The average Bonchev–Trinajstić information content (AvgIpc) is 2.44. The largest absolute Gasteiger partial charge is 0.444 e. The minimum atomic E-state index is -0.462. The lowest BCUT2D eigenvalue weighted by Gasteiger charge is -2.19. The van der Waals surface area contributed by atoms with E-state index in [9.17, 15) is 4.79 Å². The number of amides is 1. The van der Waals surface area contributed by atoms with Crippen LogP contribution < -0.4 is 5.32 Å². The van der Waals surface area contributed by atoms with Crippen molar-refractivity contribution >= 4 is 6.09 Å². The van der Waals surface area contributed by atoms with Crippen LogP contribution in [0.15, 0.2) is 30.3 Å². The van der Waals surface area contributed by atoms with Gasteiger partial charge >= 0.3 is 6.09 Å². The number of rotatable bonds is 9. The van der Waals surface area contributed by atoms with Crippen LogP contribution in [0, 0.1) is 0 Å². The molecule has 0 fully saturated rings. The summed E-state index contributed by atoms with van der Waals surface area (Å²) in [7, 11) is 0. The van der Waals surface area contributed by atoms with Gasteiger partial charge < -0.3 is 19.5 Å². The molecular formula is C17H27NO4. The number of nitrogens with one attached hydrogen (secondary N) is 1. The maximum atomic E-state index is 11.4. The zero-order valence-electron chi connectivity index (χ0n) is 13.8. The summed E-state index contributed by atoms with van der Waals surface area (Å²) in [6.45, 7) is 8.36. The number of carbonyl (C=O) groups is 1. The van der Waals surface area contributed by atoms with Crippen molar-refractivity contribution in [2.75, 3.05) is 26.4 Å². The second-order valence-corrected chi connectivity index (χ2v) is 5.93. The van der Waals surface area contributed by atoms with Gasteiger partial charge in [0, 0.05) is 13.2 Å². The van der Waals surface area contributed by atoms with Crippen LogP contribution in [0.1, 0.15) is 32.8 Å². The molecule has 0 bridgehead atoms. The smallest absolute Gasteiger partial charge is 0.407 e. The third-order valence-electron chi connectivity index (χ3n) is 2.62. The second-order valence-electron chi connectivity index (χ2n) is 5.93. The van der Waals surface area contributed by atoms with Gasteiger partial charge in [-0.3, -0.25) is 0 Å². The van der Waals surface area contributed by atoms with Crippen molar-refractivity contribution in [3.63, 3.8) is 0 Å². The highest BCUT2D eigenvalue weighted by atomic mass is 16.6. The van der Waals surface area contributed by atoms with Crippen LogP contribution in [0.4, 0.5) is 4.79 Å². The summed E-state index contributed by atoms with van der Waals surface area (Å²) < 4.78 is 16.1. The first-order chi connectivity index (χ1) is 10.5. The van der Waals surface area contributed by atoms with E-state index < -0.39 is 11.7 Å². The number of hydrogen-bond acceptors (Lipinski definition) is 4. The van der Waals surface area contributed by atoms with Gasteiger partial charge in [-0.05, 0) is 32.8 Å². The van der Waals surface area contributed by atoms with Gasteiger partial charge in [0.2, 0.25) is 0 Å². The monoisotopic (exact) mass is 309 g/mol. The van der Waals surface area contributed by atoms with Crippen molar-refractivity contribution in [3.05, 3.63) is 35.9 Å². The van der Waals surface area contributed by atoms with Crippen LogP contribution >= 0.6 is 0 Å². The van der Waals surface area contributed by atoms with Gasteiger partial charge in [0.15, 0.2) is 0 Å². The number of hydrogen-bond donors (Lipinski definition) is 1. The van der Waals surface area contributed by atoms with Gasteiger partial charge in [-0.25, -0.2) is 4.79 Å². The number of alkyl carbamates (subject to hydrolysis) is 1. The molecule has 1 N–H and O–H groups in total. The maximum absolute atomic E-state index is 11.4. The van der Waals surface area contributed by atoms with Crippen LogP contribution in [0.3, 0.4) is 0 Å². The van der Waals surface area contributed by atoms with Crippen LogP contribution in [-0.4, -0.2) is 38.1 Å². The molecule has 0 atom stereocenters. The summed E-state index contributed by atoms with van der Waals surface area (Å²) in [6.07, 6.45) is 0.358. The van der Waals surface area contributed by atoms with Crippen molar-refractivity contribution in [1.82, 2.24) is 5.32 Å². The first-order valence-electron chi connectivity index (χ1n) is 7.63. The predicted molar refractivity (Wildman–Crippen MR) is 85.8 cm³/mol. The Balaban J connectivity index is 1.89. The minimum Gasteiger partial charge on any atom is -0.444 e. The summed E-state index contributed by atoms with van der Waals surface area (Å²) in [6, 6.07) is 10.0. The molecule has 1 aromatic rings. The average molecular weight is 309 g/mol. The predicted octanol–water partition coefficient (Wildman–Crippen LogP) is 3.13. The fourth-order valence-electron chi connectivity index (χ4n) is 1.66. The van der Waals surface area contributed by atoms with E-state index in [2.05, 4.69) is 5.32 Å². The Kier molecular flexibility index (Phi) is 8.55. The lowest BCUT2D eigenvalue weighted by atomic mass is 10.2. The van der Waals surface area contributed by atoms with Crippen LogP contribution in [0.2, 0.25) is 0 Å². The summed E-state index contributed by atoms with van der Waals surface area (Å²) in [5.41, 5.74) is 0.695. The maximum Gasteiger partial charge on any atom is 0.407 e. The molecule has 5 heteroatoms. The molecule has 22 heavy (non-hydrogen) atoms. The Labute approximate surface area is 132 Å². The molecule has 0 spiro atoms. The van der Waals surface area contributed by atoms with E-state index in [4.69, 9.17) is 14.2 Å². The van der Waals surface area contributed by atoms with Crippen LogP contribution in [0.5, 0.6) is 0 Å². The molecule has 0 radical (unpaired) electrons. The van der Waals surface area contributed by atoms with Gasteiger partial charge in [-0.15, -0.1) is 0 Å². The topological polar surface area (TPSA) is 56.8 Å². The van der Waals surface area contributed by atoms with Crippen molar-refractivity contribution in [3.8, 4) is 0 Å². The van der Waals surface area contributed by atoms with Gasteiger partial charge in [0.05, 0.1) is 19.8 Å². The van der Waals surface area contributed by atoms with Gasteiger partial charge in [0.1, 0.15) is 5.60 Å². The van der Waals surface area contributed by atoms with Crippen molar-refractivity contribution in [2.24, 2.45) is 0 Å². The molecule has 0 aromatic heterocycles. The molecule has 1 amide bonds. The lowest BCUT2D eigenvalue weighted by molar-refractivity contribution is 0.0380. The number of ether oxygens (including phenoxy) is 3. The van der Waals surface area contributed by atoms with Crippen molar-refractivity contribution in [2.45, 2.75) is 39.4 Å². The van der Waals surface area contributed by atoms with E-state index >= 15 is 0 Å². The Bertz CT molecular complexity index is 414. The Morgan fingerprint density at radius 3 is 2.41 bits per heavy atom. The van der Waals surface area contributed by atoms with E-state index in [-0.39, 0.29) is 0 Å². The first-order valence-corrected chi connectivity index (χ1v) is 7.63. The molecule has 0 heterocycles. The fourth-order valence-corrected chi connectivity index (χ4v) is 1.66. The molecule has 1 rings (SSSR count). The molecule has 5 nitrogen and oxygen atoms in total. The molecule has 0 aliphatic carbocycles. The van der Waals surface area contributed by atoms with E-state index in [0.717, 1.165) is 12.0 Å². The Morgan fingerprint density at radius 1 is 1.05 bits per heavy atom. The van der Waals surface area contributed by atoms with Gasteiger partial charge in [-0.1, -0.05) is 30.3 Å². The SMILES string of the molecule is CC(C)(C)OC(=O)NCCCOCCOCc1ccccc1. The Morgan fingerprint density at radius 2 is 1.73 bits per heavy atom. The van der Waals surface area contributed by atoms with E-state index in [1.54, 1.807) is 0 Å². The summed E-state index contributed by atoms with van der Waals surface area (Å²) in [5, 5.41) is 2.69. The van der Waals surface area contributed by atoms with Crippen LogP contribution in [0.25, 0.3) is 0 Å². The highest BCUT2D eigenvalue weighted by Gasteiger charge is 2.15. The highest BCUT2D eigenvalue weighted by Crippen LogP contribution is 2.06. The minimum absolute atomic E-state index is 0.390.